The Balaban J connectivity index is 0.00000225. The Kier molecular flexibility index (Phi) is 6.95. The van der Waals surface area contributed by atoms with E-state index in [0.717, 1.165) is 42.1 Å². The molecule has 0 saturated carbocycles. The molecule has 0 atom stereocenters. The van der Waals surface area contributed by atoms with E-state index < -0.39 is 11.8 Å². The fourth-order valence-corrected chi connectivity index (χ4v) is 3.26. The van der Waals surface area contributed by atoms with Crippen LogP contribution in [0.25, 0.3) is 0 Å². The molecule has 2 N–H and O–H groups in total. The number of halogens is 2. The lowest BCUT2D eigenvalue weighted by Gasteiger charge is -2.27. The predicted molar refractivity (Wildman–Crippen MR) is 99.1 cm³/mol. The minimum atomic E-state index is -0.423. The van der Waals surface area contributed by atoms with Crippen molar-refractivity contribution in [3.8, 4) is 0 Å². The Morgan fingerprint density at radius 1 is 1.16 bits per heavy atom. The van der Waals surface area contributed by atoms with Crippen molar-refractivity contribution in [1.82, 2.24) is 20.4 Å². The number of imide groups is 1. The normalized spacial score (nSPS) is 17.2. The zero-order chi connectivity index (χ0) is 17.1. The first-order chi connectivity index (χ1) is 11.6. The molecular formula is C16H20BrClN4O3. The van der Waals surface area contributed by atoms with Gasteiger partial charge in [-0.15, -0.1) is 12.4 Å². The highest BCUT2D eigenvalue weighted by Gasteiger charge is 2.36. The summed E-state index contributed by atoms with van der Waals surface area (Å²) in [4.78, 5) is 39.9. The SMILES string of the molecule is Cl.O=C(CN1C(=O)c2ccc(Br)cc2C1=O)NCCN1CCNCC1. The Morgan fingerprint density at radius 3 is 2.56 bits per heavy atom. The molecule has 3 amide bonds. The topological polar surface area (TPSA) is 81.8 Å². The number of nitrogens with one attached hydrogen (secondary N) is 2. The third kappa shape index (κ3) is 4.58. The molecule has 3 rings (SSSR count). The van der Waals surface area contributed by atoms with Crippen LogP contribution in [-0.2, 0) is 4.79 Å². The second kappa shape index (κ2) is 8.75. The van der Waals surface area contributed by atoms with Crippen LogP contribution in [0.5, 0.6) is 0 Å². The van der Waals surface area contributed by atoms with Gasteiger partial charge in [0.1, 0.15) is 6.54 Å². The molecule has 2 aliphatic rings. The second-order valence-corrected chi connectivity index (χ2v) is 6.74. The number of hydrogen-bond acceptors (Lipinski definition) is 5. The van der Waals surface area contributed by atoms with E-state index in [1.54, 1.807) is 18.2 Å². The quantitative estimate of drug-likeness (QED) is 0.663. The van der Waals surface area contributed by atoms with Crippen molar-refractivity contribution in [2.75, 3.05) is 45.8 Å². The van der Waals surface area contributed by atoms with Crippen LogP contribution in [0.15, 0.2) is 22.7 Å². The number of nitrogens with zero attached hydrogens (tertiary/aromatic N) is 2. The Morgan fingerprint density at radius 2 is 1.84 bits per heavy atom. The number of carbonyl (C=O) groups is 3. The van der Waals surface area contributed by atoms with Gasteiger partial charge in [0.15, 0.2) is 0 Å². The molecule has 7 nitrogen and oxygen atoms in total. The van der Waals surface area contributed by atoms with Gasteiger partial charge in [-0.05, 0) is 18.2 Å². The third-order valence-electron chi connectivity index (χ3n) is 4.19. The molecule has 9 heteroatoms. The molecule has 1 saturated heterocycles. The summed E-state index contributed by atoms with van der Waals surface area (Å²) in [6, 6.07) is 4.92. The van der Waals surface area contributed by atoms with Gasteiger partial charge in [0.2, 0.25) is 5.91 Å². The molecule has 0 unspecified atom stereocenters. The van der Waals surface area contributed by atoms with E-state index in [2.05, 4.69) is 31.5 Å². The van der Waals surface area contributed by atoms with E-state index in [-0.39, 0.29) is 24.9 Å². The summed E-state index contributed by atoms with van der Waals surface area (Å²) >= 11 is 3.28. The molecule has 0 aromatic heterocycles. The smallest absolute Gasteiger partial charge is 0.262 e. The average molecular weight is 432 g/mol. The van der Waals surface area contributed by atoms with Crippen molar-refractivity contribution in [2.45, 2.75) is 0 Å². The van der Waals surface area contributed by atoms with Crippen LogP contribution in [0, 0.1) is 0 Å². The fraction of sp³-hybridized carbons (Fsp3) is 0.438. The van der Waals surface area contributed by atoms with Gasteiger partial charge in [-0.2, -0.15) is 0 Å². The standard InChI is InChI=1S/C16H19BrN4O3.ClH/c17-11-1-2-12-13(9-11)16(24)21(15(12)23)10-14(22)19-5-8-20-6-3-18-4-7-20;/h1-2,9,18H,3-8,10H2,(H,19,22);1H. The monoisotopic (exact) mass is 430 g/mol. The van der Waals surface area contributed by atoms with Crippen molar-refractivity contribution in [1.29, 1.82) is 0 Å². The Labute approximate surface area is 160 Å². The number of amides is 3. The highest BCUT2D eigenvalue weighted by atomic mass is 79.9. The van der Waals surface area contributed by atoms with Gasteiger partial charge in [-0.3, -0.25) is 24.2 Å². The van der Waals surface area contributed by atoms with Gasteiger partial charge in [-0.25, -0.2) is 0 Å². The van der Waals surface area contributed by atoms with Crippen LogP contribution in [0.2, 0.25) is 0 Å². The van der Waals surface area contributed by atoms with Crippen molar-refractivity contribution < 1.29 is 14.4 Å². The molecule has 136 valence electrons. The van der Waals surface area contributed by atoms with Crippen LogP contribution in [0.1, 0.15) is 20.7 Å². The molecule has 2 heterocycles. The van der Waals surface area contributed by atoms with Gasteiger partial charge in [0.05, 0.1) is 11.1 Å². The van der Waals surface area contributed by atoms with E-state index in [9.17, 15) is 14.4 Å². The molecule has 2 aliphatic heterocycles. The molecule has 0 radical (unpaired) electrons. The zero-order valence-electron chi connectivity index (χ0n) is 13.6. The summed E-state index contributed by atoms with van der Waals surface area (Å²) in [6.45, 7) is 4.87. The van der Waals surface area contributed by atoms with E-state index in [0.29, 0.717) is 17.7 Å². The first kappa shape index (κ1) is 19.8. The van der Waals surface area contributed by atoms with Crippen LogP contribution in [0.4, 0.5) is 0 Å². The summed E-state index contributed by atoms with van der Waals surface area (Å²) < 4.78 is 0.727. The first-order valence-electron chi connectivity index (χ1n) is 7.92. The zero-order valence-corrected chi connectivity index (χ0v) is 16.0. The maximum atomic E-state index is 12.3. The summed E-state index contributed by atoms with van der Waals surface area (Å²) in [6.07, 6.45) is 0. The second-order valence-electron chi connectivity index (χ2n) is 5.83. The highest BCUT2D eigenvalue weighted by molar-refractivity contribution is 9.10. The van der Waals surface area contributed by atoms with Crippen LogP contribution < -0.4 is 10.6 Å². The summed E-state index contributed by atoms with van der Waals surface area (Å²) in [5, 5.41) is 6.05. The molecule has 25 heavy (non-hydrogen) atoms. The summed E-state index contributed by atoms with van der Waals surface area (Å²) in [5.41, 5.74) is 0.680. The fourth-order valence-electron chi connectivity index (χ4n) is 2.89. The van der Waals surface area contributed by atoms with Gasteiger partial charge >= 0.3 is 0 Å². The molecule has 0 aliphatic carbocycles. The lowest BCUT2D eigenvalue weighted by atomic mass is 10.1. The van der Waals surface area contributed by atoms with Crippen molar-refractivity contribution in [3.05, 3.63) is 33.8 Å². The molecule has 1 aromatic rings. The number of rotatable bonds is 5. The van der Waals surface area contributed by atoms with Crippen molar-refractivity contribution in [3.63, 3.8) is 0 Å². The number of fused-ring (bicyclic) bond motifs is 1. The Hall–Kier alpha value is -1.48. The lowest BCUT2D eigenvalue weighted by molar-refractivity contribution is -0.121. The lowest BCUT2D eigenvalue weighted by Crippen LogP contribution is -2.47. The minimum absolute atomic E-state index is 0. The van der Waals surface area contributed by atoms with Crippen LogP contribution in [0.3, 0.4) is 0 Å². The van der Waals surface area contributed by atoms with Gasteiger partial charge < -0.3 is 10.6 Å². The number of carbonyl (C=O) groups excluding carboxylic acids is 3. The molecular weight excluding hydrogens is 412 g/mol. The van der Waals surface area contributed by atoms with Gasteiger partial charge in [0, 0.05) is 43.7 Å². The number of piperazine rings is 1. The van der Waals surface area contributed by atoms with Gasteiger partial charge in [0.25, 0.3) is 11.8 Å². The largest absolute Gasteiger partial charge is 0.353 e. The van der Waals surface area contributed by atoms with E-state index in [1.165, 1.54) is 0 Å². The maximum absolute atomic E-state index is 12.3. The Bertz CT molecular complexity index is 679. The number of hydrogen-bond donors (Lipinski definition) is 2. The minimum Gasteiger partial charge on any atom is -0.353 e. The molecule has 1 aromatic carbocycles. The number of benzene rings is 1. The molecule has 1 fully saturated rings. The molecule has 0 bridgehead atoms. The summed E-state index contributed by atoms with van der Waals surface area (Å²) in [7, 11) is 0. The summed E-state index contributed by atoms with van der Waals surface area (Å²) in [5.74, 6) is -1.16. The average Bonchev–Trinajstić information content (AvgIpc) is 2.80. The van der Waals surface area contributed by atoms with Crippen molar-refractivity contribution >= 4 is 46.1 Å². The van der Waals surface area contributed by atoms with Gasteiger partial charge in [-0.1, -0.05) is 15.9 Å². The molecule has 0 spiro atoms. The first-order valence-corrected chi connectivity index (χ1v) is 8.71. The highest BCUT2D eigenvalue weighted by Crippen LogP contribution is 2.25. The van der Waals surface area contributed by atoms with Crippen molar-refractivity contribution in [2.24, 2.45) is 0 Å². The third-order valence-corrected chi connectivity index (χ3v) is 4.69. The van der Waals surface area contributed by atoms with Crippen LogP contribution in [-0.4, -0.2) is 73.3 Å². The van der Waals surface area contributed by atoms with E-state index in [1.807, 2.05) is 0 Å². The van der Waals surface area contributed by atoms with E-state index >= 15 is 0 Å². The van der Waals surface area contributed by atoms with Crippen LogP contribution >= 0.6 is 28.3 Å². The maximum Gasteiger partial charge on any atom is 0.262 e. The van der Waals surface area contributed by atoms with E-state index in [4.69, 9.17) is 0 Å². The predicted octanol–water partition coefficient (Wildman–Crippen LogP) is 0.488.